The second-order valence-electron chi connectivity index (χ2n) is 7.99. The average Bonchev–Trinajstić information content (AvgIpc) is 2.72. The zero-order valence-electron chi connectivity index (χ0n) is 16.4. The Labute approximate surface area is 161 Å². The maximum atomic E-state index is 2.67. The van der Waals surface area contributed by atoms with Crippen LogP contribution < -0.4 is 4.57 Å². The molecule has 1 aliphatic heterocycles. The highest BCUT2D eigenvalue weighted by molar-refractivity contribution is 5.98. The van der Waals surface area contributed by atoms with E-state index in [-0.39, 0.29) is 5.54 Å². The minimum Gasteiger partial charge on any atom is -0.186 e. The van der Waals surface area contributed by atoms with Crippen molar-refractivity contribution in [1.29, 1.82) is 0 Å². The third-order valence-corrected chi connectivity index (χ3v) is 6.75. The molecule has 134 valence electrons. The van der Waals surface area contributed by atoms with E-state index in [1.807, 2.05) is 0 Å². The summed E-state index contributed by atoms with van der Waals surface area (Å²) in [5.41, 5.74) is 7.17. The Morgan fingerprint density at radius 2 is 1.56 bits per heavy atom. The molecule has 1 heteroatoms. The second-order valence-corrected chi connectivity index (χ2v) is 7.99. The topological polar surface area (TPSA) is 3.88 Å². The molecule has 0 saturated heterocycles. The number of nitrogens with zero attached hydrogens (tertiary/aromatic N) is 1. The lowest BCUT2D eigenvalue weighted by molar-refractivity contribution is -0.735. The molecule has 0 unspecified atom stereocenters. The third kappa shape index (κ3) is 2.21. The maximum Gasteiger partial charge on any atom is 0.214 e. The summed E-state index contributed by atoms with van der Waals surface area (Å²) in [6, 6.07) is 24.8. The van der Waals surface area contributed by atoms with Gasteiger partial charge in [-0.1, -0.05) is 62.4 Å². The molecule has 27 heavy (non-hydrogen) atoms. The summed E-state index contributed by atoms with van der Waals surface area (Å²) in [6.07, 6.45) is 3.38. The molecule has 0 atom stereocenters. The first-order valence-electron chi connectivity index (χ1n) is 10.1. The van der Waals surface area contributed by atoms with Gasteiger partial charge in [0.25, 0.3) is 0 Å². The molecular weight excluding hydrogens is 326 g/mol. The first-order chi connectivity index (χ1) is 13.2. The number of hydrogen-bond acceptors (Lipinski definition) is 0. The molecule has 1 aliphatic rings. The number of pyridine rings is 1. The van der Waals surface area contributed by atoms with Crippen LogP contribution in [0.25, 0.3) is 32.9 Å². The standard InChI is InChI=1S/C26H26N/c1-4-26(5-2)17-20-15-14-19-10-6-7-12-22(19)25(20)24-16-18(3)21-11-8-9-13-23(21)27(24)26/h6-16H,4-5,17H2,1-3H3/q+1. The molecule has 1 nitrogen and oxygen atoms in total. The normalized spacial score (nSPS) is 14.9. The number of benzene rings is 3. The molecule has 5 rings (SSSR count). The lowest BCUT2D eigenvalue weighted by Crippen LogP contribution is -2.60. The van der Waals surface area contributed by atoms with Crippen LogP contribution in [-0.2, 0) is 12.0 Å². The van der Waals surface area contributed by atoms with Crippen molar-refractivity contribution in [1.82, 2.24) is 0 Å². The van der Waals surface area contributed by atoms with Crippen LogP contribution in [0.1, 0.15) is 37.8 Å². The van der Waals surface area contributed by atoms with Crippen LogP contribution in [0.3, 0.4) is 0 Å². The lowest BCUT2D eigenvalue weighted by atomic mass is 9.77. The van der Waals surface area contributed by atoms with Crippen molar-refractivity contribution in [3.05, 3.63) is 77.9 Å². The molecule has 0 saturated carbocycles. The first kappa shape index (κ1) is 16.5. The van der Waals surface area contributed by atoms with E-state index in [9.17, 15) is 0 Å². The van der Waals surface area contributed by atoms with Crippen LogP contribution in [0.2, 0.25) is 0 Å². The van der Waals surface area contributed by atoms with Gasteiger partial charge in [0, 0.05) is 36.8 Å². The number of para-hydroxylation sites is 1. The molecule has 0 amide bonds. The number of rotatable bonds is 2. The summed E-state index contributed by atoms with van der Waals surface area (Å²) in [5, 5.41) is 4.07. The zero-order chi connectivity index (χ0) is 18.6. The Morgan fingerprint density at radius 1 is 0.852 bits per heavy atom. The van der Waals surface area contributed by atoms with E-state index >= 15 is 0 Å². The van der Waals surface area contributed by atoms with E-state index in [1.54, 1.807) is 0 Å². The molecule has 0 radical (unpaired) electrons. The van der Waals surface area contributed by atoms with E-state index in [2.05, 4.69) is 92.1 Å². The number of hydrogen-bond donors (Lipinski definition) is 0. The highest BCUT2D eigenvalue weighted by Gasteiger charge is 2.45. The van der Waals surface area contributed by atoms with Gasteiger partial charge in [-0.2, -0.15) is 4.57 Å². The van der Waals surface area contributed by atoms with E-state index in [1.165, 1.54) is 44.1 Å². The average molecular weight is 353 g/mol. The minimum absolute atomic E-state index is 0.137. The van der Waals surface area contributed by atoms with Crippen molar-refractivity contribution in [3.63, 3.8) is 0 Å². The van der Waals surface area contributed by atoms with Crippen LogP contribution in [0.5, 0.6) is 0 Å². The van der Waals surface area contributed by atoms with Crippen molar-refractivity contribution in [2.45, 2.75) is 45.6 Å². The van der Waals surface area contributed by atoms with E-state index < -0.39 is 0 Å². The predicted molar refractivity (Wildman–Crippen MR) is 114 cm³/mol. The van der Waals surface area contributed by atoms with E-state index in [0.717, 1.165) is 19.3 Å². The van der Waals surface area contributed by atoms with Crippen molar-refractivity contribution in [3.8, 4) is 11.3 Å². The fourth-order valence-electron chi connectivity index (χ4n) is 5.19. The Balaban J connectivity index is 2.00. The van der Waals surface area contributed by atoms with Gasteiger partial charge in [0.1, 0.15) is 0 Å². The molecular formula is C26H26N+. The maximum absolute atomic E-state index is 2.67. The zero-order valence-corrected chi connectivity index (χ0v) is 16.4. The van der Waals surface area contributed by atoms with Crippen molar-refractivity contribution in [2.75, 3.05) is 0 Å². The molecule has 0 fully saturated rings. The Kier molecular flexibility index (Phi) is 3.62. The molecule has 2 heterocycles. The summed E-state index contributed by atoms with van der Waals surface area (Å²) < 4.78 is 2.67. The van der Waals surface area contributed by atoms with Crippen LogP contribution in [0, 0.1) is 6.92 Å². The molecule has 0 N–H and O–H groups in total. The van der Waals surface area contributed by atoms with Crippen LogP contribution in [-0.4, -0.2) is 0 Å². The summed E-state index contributed by atoms with van der Waals surface area (Å²) >= 11 is 0. The van der Waals surface area contributed by atoms with Gasteiger partial charge in [-0.15, -0.1) is 0 Å². The quantitative estimate of drug-likeness (QED) is 0.371. The monoisotopic (exact) mass is 352 g/mol. The van der Waals surface area contributed by atoms with E-state index in [0.29, 0.717) is 0 Å². The van der Waals surface area contributed by atoms with Gasteiger partial charge >= 0.3 is 0 Å². The lowest BCUT2D eigenvalue weighted by Gasteiger charge is -2.34. The third-order valence-electron chi connectivity index (χ3n) is 6.75. The van der Waals surface area contributed by atoms with Gasteiger partial charge in [0.05, 0.1) is 5.56 Å². The molecule has 0 aliphatic carbocycles. The number of fused-ring (bicyclic) bond motifs is 7. The fourth-order valence-corrected chi connectivity index (χ4v) is 5.19. The van der Waals surface area contributed by atoms with Gasteiger partial charge in [0.15, 0.2) is 5.54 Å². The minimum atomic E-state index is 0.137. The Morgan fingerprint density at radius 3 is 2.33 bits per heavy atom. The summed E-state index contributed by atoms with van der Waals surface area (Å²) in [5.74, 6) is 0. The largest absolute Gasteiger partial charge is 0.214 e. The summed E-state index contributed by atoms with van der Waals surface area (Å²) in [6.45, 7) is 6.95. The fraction of sp³-hybridized carbons (Fsp3) is 0.269. The molecule has 0 bridgehead atoms. The molecule has 0 spiro atoms. The van der Waals surface area contributed by atoms with Crippen molar-refractivity contribution >= 4 is 21.7 Å². The van der Waals surface area contributed by atoms with Gasteiger partial charge in [-0.3, -0.25) is 0 Å². The van der Waals surface area contributed by atoms with Crippen LogP contribution in [0.15, 0.2) is 66.7 Å². The van der Waals surface area contributed by atoms with Gasteiger partial charge in [0.2, 0.25) is 11.2 Å². The first-order valence-corrected chi connectivity index (χ1v) is 10.1. The van der Waals surface area contributed by atoms with Crippen molar-refractivity contribution < 1.29 is 4.57 Å². The molecule has 3 aromatic carbocycles. The summed E-state index contributed by atoms with van der Waals surface area (Å²) in [4.78, 5) is 0. The van der Waals surface area contributed by atoms with Crippen LogP contribution in [0.4, 0.5) is 0 Å². The SMILES string of the molecule is CCC1(CC)Cc2ccc3ccccc3c2-c2cc(C)c3ccccc3[n+]21. The van der Waals surface area contributed by atoms with Gasteiger partial charge in [-0.05, 0) is 34.9 Å². The second kappa shape index (κ2) is 5.92. The van der Waals surface area contributed by atoms with Gasteiger partial charge < -0.3 is 0 Å². The number of aromatic nitrogens is 1. The smallest absolute Gasteiger partial charge is 0.186 e. The van der Waals surface area contributed by atoms with Crippen molar-refractivity contribution in [2.24, 2.45) is 0 Å². The Bertz CT molecular complexity index is 1180. The predicted octanol–water partition coefficient (Wildman–Crippen LogP) is 6.33. The Hall–Kier alpha value is -2.67. The highest BCUT2D eigenvalue weighted by Crippen LogP contribution is 2.41. The summed E-state index contributed by atoms with van der Waals surface area (Å²) in [7, 11) is 0. The van der Waals surface area contributed by atoms with Gasteiger partial charge in [-0.25, -0.2) is 0 Å². The number of aryl methyl sites for hydroxylation is 1. The molecule has 1 aromatic heterocycles. The highest BCUT2D eigenvalue weighted by atomic mass is 15.1. The molecule has 4 aromatic rings. The van der Waals surface area contributed by atoms with E-state index in [4.69, 9.17) is 0 Å². The van der Waals surface area contributed by atoms with Crippen LogP contribution >= 0.6 is 0 Å².